The predicted octanol–water partition coefficient (Wildman–Crippen LogP) is 1.73. The van der Waals surface area contributed by atoms with Crippen LogP contribution in [-0.4, -0.2) is 51.2 Å². The van der Waals surface area contributed by atoms with E-state index in [1.165, 1.54) is 12.8 Å². The molecule has 4 nitrogen and oxygen atoms in total. The number of likely N-dealkylation sites (N-methyl/N-ethyl adjacent to an activating group) is 1. The topological polar surface area (TPSA) is 39.7 Å². The summed E-state index contributed by atoms with van der Waals surface area (Å²) in [4.78, 5) is 0. The number of hydrogen-bond acceptors (Lipinski definition) is 4. The lowest BCUT2D eigenvalue weighted by Crippen LogP contribution is -2.29. The van der Waals surface area contributed by atoms with Crippen LogP contribution in [0.2, 0.25) is 0 Å². The Kier molecular flexibility index (Phi) is 6.41. The second kappa shape index (κ2) is 8.10. The lowest BCUT2D eigenvalue weighted by molar-refractivity contribution is -0.0674. The van der Waals surface area contributed by atoms with Crippen molar-refractivity contribution in [3.63, 3.8) is 0 Å². The molecule has 2 aliphatic heterocycles. The molecule has 0 radical (unpaired) electrons. The van der Waals surface area contributed by atoms with Crippen LogP contribution >= 0.6 is 0 Å². The molecule has 2 saturated heterocycles. The SMILES string of the molecule is CCNCC1CCC(COCC2CCCCO2)O1. The minimum absolute atomic E-state index is 0.289. The van der Waals surface area contributed by atoms with Gasteiger partial charge in [-0.15, -0.1) is 0 Å². The van der Waals surface area contributed by atoms with E-state index in [-0.39, 0.29) is 6.10 Å². The Morgan fingerprint density at radius 3 is 2.67 bits per heavy atom. The number of nitrogens with one attached hydrogen (secondary N) is 1. The van der Waals surface area contributed by atoms with E-state index in [0.717, 1.165) is 52.2 Å². The summed E-state index contributed by atoms with van der Waals surface area (Å²) in [6, 6.07) is 0. The van der Waals surface area contributed by atoms with Crippen molar-refractivity contribution in [2.24, 2.45) is 0 Å². The lowest BCUT2D eigenvalue weighted by atomic mass is 10.1. The maximum Gasteiger partial charge on any atom is 0.0813 e. The van der Waals surface area contributed by atoms with E-state index >= 15 is 0 Å². The van der Waals surface area contributed by atoms with E-state index in [9.17, 15) is 0 Å². The Morgan fingerprint density at radius 2 is 1.89 bits per heavy atom. The van der Waals surface area contributed by atoms with Crippen LogP contribution in [0.4, 0.5) is 0 Å². The van der Waals surface area contributed by atoms with Gasteiger partial charge in [-0.1, -0.05) is 6.92 Å². The van der Waals surface area contributed by atoms with Gasteiger partial charge in [-0.2, -0.15) is 0 Å². The first-order valence-electron chi connectivity index (χ1n) is 7.44. The van der Waals surface area contributed by atoms with E-state index in [4.69, 9.17) is 14.2 Å². The molecule has 0 aromatic heterocycles. The van der Waals surface area contributed by atoms with Gasteiger partial charge in [0.05, 0.1) is 31.5 Å². The number of hydrogen-bond donors (Lipinski definition) is 1. The third-order valence-electron chi connectivity index (χ3n) is 3.70. The summed E-state index contributed by atoms with van der Waals surface area (Å²) in [7, 11) is 0. The van der Waals surface area contributed by atoms with E-state index < -0.39 is 0 Å². The molecule has 3 atom stereocenters. The Labute approximate surface area is 110 Å². The molecule has 0 aliphatic carbocycles. The van der Waals surface area contributed by atoms with Crippen molar-refractivity contribution in [3.8, 4) is 0 Å². The van der Waals surface area contributed by atoms with Crippen LogP contribution in [0.15, 0.2) is 0 Å². The summed E-state index contributed by atoms with van der Waals surface area (Å²) in [5, 5.41) is 3.33. The molecule has 0 spiro atoms. The molecule has 18 heavy (non-hydrogen) atoms. The smallest absolute Gasteiger partial charge is 0.0813 e. The van der Waals surface area contributed by atoms with Gasteiger partial charge in [0.25, 0.3) is 0 Å². The Bertz CT molecular complexity index is 219. The van der Waals surface area contributed by atoms with Gasteiger partial charge in [-0.25, -0.2) is 0 Å². The van der Waals surface area contributed by atoms with Crippen LogP contribution in [0.3, 0.4) is 0 Å². The van der Waals surface area contributed by atoms with Crippen LogP contribution in [-0.2, 0) is 14.2 Å². The zero-order valence-electron chi connectivity index (χ0n) is 11.5. The maximum absolute atomic E-state index is 5.92. The summed E-state index contributed by atoms with van der Waals surface area (Å²) in [5.41, 5.74) is 0. The molecule has 3 unspecified atom stereocenters. The van der Waals surface area contributed by atoms with Gasteiger partial charge in [0.15, 0.2) is 0 Å². The van der Waals surface area contributed by atoms with Crippen molar-refractivity contribution >= 4 is 0 Å². The van der Waals surface area contributed by atoms with Crippen LogP contribution in [0.1, 0.15) is 39.0 Å². The molecule has 0 aromatic carbocycles. The molecule has 4 heteroatoms. The van der Waals surface area contributed by atoms with E-state index in [1.54, 1.807) is 0 Å². The van der Waals surface area contributed by atoms with Gasteiger partial charge in [0.1, 0.15) is 0 Å². The first-order chi connectivity index (χ1) is 8.88. The molecular formula is C14H27NO3. The van der Waals surface area contributed by atoms with Crippen molar-refractivity contribution in [1.82, 2.24) is 5.32 Å². The van der Waals surface area contributed by atoms with Crippen LogP contribution < -0.4 is 5.32 Å². The van der Waals surface area contributed by atoms with Crippen LogP contribution in [0.5, 0.6) is 0 Å². The Morgan fingerprint density at radius 1 is 1.06 bits per heavy atom. The molecule has 0 amide bonds. The molecule has 0 aromatic rings. The van der Waals surface area contributed by atoms with Gasteiger partial charge >= 0.3 is 0 Å². The number of rotatable bonds is 7. The average molecular weight is 257 g/mol. The molecule has 1 N–H and O–H groups in total. The van der Waals surface area contributed by atoms with E-state index in [0.29, 0.717) is 12.2 Å². The van der Waals surface area contributed by atoms with Gasteiger partial charge in [-0.05, 0) is 38.6 Å². The van der Waals surface area contributed by atoms with Crippen molar-refractivity contribution < 1.29 is 14.2 Å². The van der Waals surface area contributed by atoms with Crippen molar-refractivity contribution in [1.29, 1.82) is 0 Å². The average Bonchev–Trinajstić information content (AvgIpc) is 2.85. The monoisotopic (exact) mass is 257 g/mol. The first kappa shape index (κ1) is 14.3. The highest BCUT2D eigenvalue weighted by molar-refractivity contribution is 4.75. The van der Waals surface area contributed by atoms with Crippen molar-refractivity contribution in [3.05, 3.63) is 0 Å². The summed E-state index contributed by atoms with van der Waals surface area (Å²) < 4.78 is 17.3. The second-order valence-corrected chi connectivity index (χ2v) is 5.29. The zero-order valence-corrected chi connectivity index (χ0v) is 11.5. The van der Waals surface area contributed by atoms with Gasteiger partial charge in [0.2, 0.25) is 0 Å². The molecular weight excluding hydrogens is 230 g/mol. The second-order valence-electron chi connectivity index (χ2n) is 5.29. The summed E-state index contributed by atoms with van der Waals surface area (Å²) >= 11 is 0. The van der Waals surface area contributed by atoms with Crippen LogP contribution in [0.25, 0.3) is 0 Å². The standard InChI is InChI=1S/C14H27NO3/c1-2-15-9-12-6-7-14(18-12)11-16-10-13-5-3-4-8-17-13/h12-15H,2-11H2,1H3. The third kappa shape index (κ3) is 4.84. The third-order valence-corrected chi connectivity index (χ3v) is 3.70. The van der Waals surface area contributed by atoms with Crippen LogP contribution in [0, 0.1) is 0 Å². The fourth-order valence-electron chi connectivity index (χ4n) is 2.63. The minimum atomic E-state index is 0.289. The number of ether oxygens (including phenoxy) is 3. The van der Waals surface area contributed by atoms with Crippen molar-refractivity contribution in [2.75, 3.05) is 32.9 Å². The molecule has 2 fully saturated rings. The molecule has 106 valence electrons. The Hall–Kier alpha value is -0.160. The Balaban J connectivity index is 1.52. The fraction of sp³-hybridized carbons (Fsp3) is 1.00. The summed E-state index contributed by atoms with van der Waals surface area (Å²) in [6.07, 6.45) is 6.89. The molecule has 2 rings (SSSR count). The lowest BCUT2D eigenvalue weighted by Gasteiger charge is -2.23. The maximum atomic E-state index is 5.92. The highest BCUT2D eigenvalue weighted by atomic mass is 16.6. The highest BCUT2D eigenvalue weighted by Gasteiger charge is 2.25. The fourth-order valence-corrected chi connectivity index (χ4v) is 2.63. The van der Waals surface area contributed by atoms with Gasteiger partial charge in [0, 0.05) is 13.2 Å². The van der Waals surface area contributed by atoms with E-state index in [1.807, 2.05) is 0 Å². The van der Waals surface area contributed by atoms with E-state index in [2.05, 4.69) is 12.2 Å². The van der Waals surface area contributed by atoms with Gasteiger partial charge < -0.3 is 19.5 Å². The molecule has 2 heterocycles. The summed E-state index contributed by atoms with van der Waals surface area (Å²) in [5.74, 6) is 0. The first-order valence-corrected chi connectivity index (χ1v) is 7.44. The predicted molar refractivity (Wildman–Crippen MR) is 70.8 cm³/mol. The minimum Gasteiger partial charge on any atom is -0.376 e. The molecule has 2 aliphatic rings. The molecule has 0 saturated carbocycles. The largest absolute Gasteiger partial charge is 0.376 e. The van der Waals surface area contributed by atoms with Gasteiger partial charge in [-0.3, -0.25) is 0 Å². The molecule has 0 bridgehead atoms. The quantitative estimate of drug-likeness (QED) is 0.754. The van der Waals surface area contributed by atoms with Crippen molar-refractivity contribution in [2.45, 2.75) is 57.3 Å². The normalized spacial score (nSPS) is 32.8. The highest BCUT2D eigenvalue weighted by Crippen LogP contribution is 2.20. The zero-order chi connectivity index (χ0) is 12.6. The summed E-state index contributed by atoms with van der Waals surface area (Å²) in [6.45, 7) is 6.47.